The first kappa shape index (κ1) is 14.9. The van der Waals surface area contributed by atoms with E-state index >= 15 is 0 Å². The van der Waals surface area contributed by atoms with E-state index in [9.17, 15) is 0 Å². The number of nitrogens with one attached hydrogen (secondary N) is 1. The second kappa shape index (κ2) is 6.81. The van der Waals surface area contributed by atoms with E-state index in [-0.39, 0.29) is 6.61 Å². The van der Waals surface area contributed by atoms with Gasteiger partial charge >= 0.3 is 0 Å². The lowest BCUT2D eigenvalue weighted by molar-refractivity contribution is 0.292. The normalized spacial score (nSPS) is 11.0. The molecular formula is C16H18N4OS. The first-order valence-corrected chi connectivity index (χ1v) is 8.19. The highest BCUT2D eigenvalue weighted by Crippen LogP contribution is 2.31. The molecule has 3 aromatic heterocycles. The van der Waals surface area contributed by atoms with Crippen molar-refractivity contribution in [1.82, 2.24) is 15.0 Å². The monoisotopic (exact) mass is 314 g/mol. The fourth-order valence-electron chi connectivity index (χ4n) is 2.19. The fourth-order valence-corrected chi connectivity index (χ4v) is 3.16. The SMILES string of the molecule is CCc1cc2c(NCCCO)nc(-c3cccnc3)nc2s1. The van der Waals surface area contributed by atoms with Gasteiger partial charge in [-0.2, -0.15) is 0 Å². The maximum absolute atomic E-state index is 8.95. The summed E-state index contributed by atoms with van der Waals surface area (Å²) in [4.78, 5) is 15.7. The number of aryl methyl sites for hydroxylation is 1. The van der Waals surface area contributed by atoms with Crippen molar-refractivity contribution in [2.24, 2.45) is 0 Å². The van der Waals surface area contributed by atoms with Gasteiger partial charge in [0.25, 0.3) is 0 Å². The number of nitrogens with zero attached hydrogens (tertiary/aromatic N) is 3. The number of aliphatic hydroxyl groups excluding tert-OH is 1. The average molecular weight is 314 g/mol. The molecule has 0 aliphatic heterocycles. The van der Waals surface area contributed by atoms with E-state index in [2.05, 4.69) is 33.3 Å². The molecule has 6 heteroatoms. The number of anilines is 1. The second-order valence-electron chi connectivity index (χ2n) is 4.93. The summed E-state index contributed by atoms with van der Waals surface area (Å²) in [6.45, 7) is 2.99. The number of hydrogen-bond donors (Lipinski definition) is 2. The van der Waals surface area contributed by atoms with Crippen LogP contribution in [0.4, 0.5) is 5.82 Å². The highest BCUT2D eigenvalue weighted by molar-refractivity contribution is 7.18. The summed E-state index contributed by atoms with van der Waals surface area (Å²) in [6.07, 6.45) is 5.19. The minimum absolute atomic E-state index is 0.167. The van der Waals surface area contributed by atoms with Crippen LogP contribution < -0.4 is 5.32 Å². The highest BCUT2D eigenvalue weighted by Gasteiger charge is 2.12. The van der Waals surface area contributed by atoms with Crippen LogP contribution in [0.2, 0.25) is 0 Å². The molecule has 0 saturated heterocycles. The predicted molar refractivity (Wildman–Crippen MR) is 90.2 cm³/mol. The molecular weight excluding hydrogens is 296 g/mol. The molecule has 3 heterocycles. The van der Waals surface area contributed by atoms with Gasteiger partial charge in [-0.25, -0.2) is 9.97 Å². The van der Waals surface area contributed by atoms with Crippen LogP contribution in [0.5, 0.6) is 0 Å². The lowest BCUT2D eigenvalue weighted by atomic mass is 10.2. The first-order chi connectivity index (χ1) is 10.8. The van der Waals surface area contributed by atoms with Crippen molar-refractivity contribution in [2.45, 2.75) is 19.8 Å². The van der Waals surface area contributed by atoms with Gasteiger partial charge in [0.15, 0.2) is 5.82 Å². The molecule has 0 aliphatic carbocycles. The van der Waals surface area contributed by atoms with E-state index < -0.39 is 0 Å². The largest absolute Gasteiger partial charge is 0.396 e. The Morgan fingerprint density at radius 3 is 2.95 bits per heavy atom. The second-order valence-corrected chi connectivity index (χ2v) is 6.04. The van der Waals surface area contributed by atoms with Crippen LogP contribution in [0.1, 0.15) is 18.2 Å². The minimum atomic E-state index is 0.167. The third kappa shape index (κ3) is 3.08. The van der Waals surface area contributed by atoms with Crippen LogP contribution in [0.15, 0.2) is 30.6 Å². The Kier molecular flexibility index (Phi) is 4.60. The van der Waals surface area contributed by atoms with Crippen molar-refractivity contribution in [1.29, 1.82) is 0 Å². The van der Waals surface area contributed by atoms with Gasteiger partial charge in [0.2, 0.25) is 0 Å². The summed E-state index contributed by atoms with van der Waals surface area (Å²) >= 11 is 1.70. The fraction of sp³-hybridized carbons (Fsp3) is 0.312. The Morgan fingerprint density at radius 2 is 2.23 bits per heavy atom. The van der Waals surface area contributed by atoms with Gasteiger partial charge in [-0.15, -0.1) is 11.3 Å². The number of fused-ring (bicyclic) bond motifs is 1. The van der Waals surface area contributed by atoms with Crippen LogP contribution >= 0.6 is 11.3 Å². The summed E-state index contributed by atoms with van der Waals surface area (Å²) in [5.74, 6) is 1.50. The van der Waals surface area contributed by atoms with Crippen LogP contribution in [-0.4, -0.2) is 33.2 Å². The van der Waals surface area contributed by atoms with E-state index in [0.29, 0.717) is 18.8 Å². The van der Waals surface area contributed by atoms with Crippen molar-refractivity contribution in [3.05, 3.63) is 35.5 Å². The Morgan fingerprint density at radius 1 is 1.32 bits per heavy atom. The quantitative estimate of drug-likeness (QED) is 0.684. The third-order valence-electron chi connectivity index (χ3n) is 3.34. The molecule has 0 radical (unpaired) electrons. The smallest absolute Gasteiger partial charge is 0.164 e. The van der Waals surface area contributed by atoms with Gasteiger partial charge in [0.1, 0.15) is 10.6 Å². The molecule has 5 nitrogen and oxygen atoms in total. The maximum Gasteiger partial charge on any atom is 0.164 e. The van der Waals surface area contributed by atoms with Crippen LogP contribution in [0.3, 0.4) is 0 Å². The molecule has 114 valence electrons. The van der Waals surface area contributed by atoms with Gasteiger partial charge in [-0.05, 0) is 31.0 Å². The lowest BCUT2D eigenvalue weighted by Crippen LogP contribution is -2.06. The van der Waals surface area contributed by atoms with Gasteiger partial charge in [-0.3, -0.25) is 4.98 Å². The summed E-state index contributed by atoms with van der Waals surface area (Å²) in [6, 6.07) is 5.99. The highest BCUT2D eigenvalue weighted by atomic mass is 32.1. The van der Waals surface area contributed by atoms with Gasteiger partial charge < -0.3 is 10.4 Å². The topological polar surface area (TPSA) is 70.9 Å². The Balaban J connectivity index is 2.06. The molecule has 0 spiro atoms. The van der Waals surface area contributed by atoms with Crippen molar-refractivity contribution < 1.29 is 5.11 Å². The maximum atomic E-state index is 8.95. The summed E-state index contributed by atoms with van der Waals surface area (Å²) in [5.41, 5.74) is 0.904. The molecule has 3 rings (SSSR count). The van der Waals surface area contributed by atoms with Crippen LogP contribution in [0, 0.1) is 0 Å². The molecule has 2 N–H and O–H groups in total. The van der Waals surface area contributed by atoms with Crippen molar-refractivity contribution in [3.63, 3.8) is 0 Å². The standard InChI is InChI=1S/C16H18N4OS/c1-2-12-9-13-15(18-7-4-8-21)19-14(20-16(13)22-12)11-5-3-6-17-10-11/h3,5-6,9-10,21H,2,4,7-8H2,1H3,(H,18,19,20). The van der Waals surface area contributed by atoms with Gasteiger partial charge in [-0.1, -0.05) is 6.92 Å². The number of thiophene rings is 1. The van der Waals surface area contributed by atoms with E-state index in [4.69, 9.17) is 5.11 Å². The van der Waals surface area contributed by atoms with Crippen molar-refractivity contribution in [3.8, 4) is 11.4 Å². The number of rotatable bonds is 6. The summed E-state index contributed by atoms with van der Waals surface area (Å²) < 4.78 is 0. The number of pyridine rings is 1. The first-order valence-electron chi connectivity index (χ1n) is 7.37. The molecule has 0 aliphatic rings. The minimum Gasteiger partial charge on any atom is -0.396 e. The Labute approximate surface area is 133 Å². The molecule has 0 unspecified atom stereocenters. The lowest BCUT2D eigenvalue weighted by Gasteiger charge is -2.08. The molecule has 22 heavy (non-hydrogen) atoms. The molecule has 3 aromatic rings. The van der Waals surface area contributed by atoms with Crippen molar-refractivity contribution >= 4 is 27.4 Å². The van der Waals surface area contributed by atoms with Crippen LogP contribution in [0.25, 0.3) is 21.6 Å². The van der Waals surface area contributed by atoms with E-state index in [1.165, 1.54) is 4.88 Å². The molecule has 0 saturated carbocycles. The zero-order valence-corrected chi connectivity index (χ0v) is 13.2. The summed E-state index contributed by atoms with van der Waals surface area (Å²) in [5, 5.41) is 13.3. The molecule has 0 fully saturated rings. The van der Waals surface area contributed by atoms with E-state index in [0.717, 1.165) is 28.0 Å². The zero-order valence-electron chi connectivity index (χ0n) is 12.4. The van der Waals surface area contributed by atoms with E-state index in [1.807, 2.05) is 12.1 Å². The van der Waals surface area contributed by atoms with Crippen LogP contribution in [-0.2, 0) is 6.42 Å². The molecule has 0 bridgehead atoms. The molecule has 0 atom stereocenters. The number of aromatic nitrogens is 3. The molecule has 0 aromatic carbocycles. The Bertz CT molecular complexity index is 757. The van der Waals surface area contributed by atoms with Gasteiger partial charge in [0.05, 0.1) is 5.39 Å². The van der Waals surface area contributed by atoms with E-state index in [1.54, 1.807) is 23.7 Å². The molecule has 0 amide bonds. The zero-order chi connectivity index (χ0) is 15.4. The summed E-state index contributed by atoms with van der Waals surface area (Å²) in [7, 11) is 0. The predicted octanol–water partition coefficient (Wildman–Crippen LogP) is 3.11. The Hall–Kier alpha value is -2.05. The van der Waals surface area contributed by atoms with Crippen molar-refractivity contribution in [2.75, 3.05) is 18.5 Å². The third-order valence-corrected chi connectivity index (χ3v) is 4.51. The number of aliphatic hydroxyl groups is 1. The number of hydrogen-bond acceptors (Lipinski definition) is 6. The van der Waals surface area contributed by atoms with Gasteiger partial charge in [0, 0.05) is 36.0 Å². The average Bonchev–Trinajstić information content (AvgIpc) is 2.99.